The summed E-state index contributed by atoms with van der Waals surface area (Å²) in [6, 6.07) is 10.9. The largest absolute Gasteiger partial charge is 0.376 e. The molecule has 1 amide bonds. The lowest BCUT2D eigenvalue weighted by Crippen LogP contribution is -2.22. The molecule has 2 N–H and O–H groups in total. The van der Waals surface area contributed by atoms with Crippen molar-refractivity contribution in [3.63, 3.8) is 0 Å². The third-order valence-corrected chi connectivity index (χ3v) is 3.51. The Balaban J connectivity index is 1.92. The van der Waals surface area contributed by atoms with Crippen LogP contribution in [-0.4, -0.2) is 18.7 Å². The van der Waals surface area contributed by atoms with E-state index in [2.05, 4.69) is 10.6 Å². The van der Waals surface area contributed by atoms with Gasteiger partial charge in [-0.25, -0.2) is 8.78 Å². The Morgan fingerprint density at radius 3 is 2.29 bits per heavy atom. The summed E-state index contributed by atoms with van der Waals surface area (Å²) in [6.07, 6.45) is 1.97. The highest BCUT2D eigenvalue weighted by atomic mass is 32.2. The number of para-hydroxylation sites is 1. The first-order valence-corrected chi connectivity index (χ1v) is 7.44. The first-order chi connectivity index (χ1) is 10.1. The third kappa shape index (κ3) is 4.19. The number of carbonyl (C=O) groups excluding carboxylic acids is 1. The zero-order valence-corrected chi connectivity index (χ0v) is 12.1. The lowest BCUT2D eigenvalue weighted by molar-refractivity contribution is -0.114. The number of halogens is 2. The minimum absolute atomic E-state index is 0.0770. The lowest BCUT2D eigenvalue weighted by Gasteiger charge is -2.09. The zero-order chi connectivity index (χ0) is 15.2. The van der Waals surface area contributed by atoms with Gasteiger partial charge in [-0.3, -0.25) is 4.79 Å². The minimum atomic E-state index is -0.798. The van der Waals surface area contributed by atoms with Gasteiger partial charge >= 0.3 is 0 Å². The predicted molar refractivity (Wildman–Crippen MR) is 81.7 cm³/mol. The van der Waals surface area contributed by atoms with Crippen molar-refractivity contribution in [2.75, 3.05) is 23.4 Å². The molecular formula is C15H14F2N2OS. The van der Waals surface area contributed by atoms with Crippen molar-refractivity contribution >= 4 is 29.0 Å². The van der Waals surface area contributed by atoms with Crippen LogP contribution in [0.5, 0.6) is 0 Å². The summed E-state index contributed by atoms with van der Waals surface area (Å²) in [4.78, 5) is 12.8. The highest BCUT2D eigenvalue weighted by Crippen LogP contribution is 2.19. The standard InChI is InChI=1S/C15H14F2N2OS/c1-21-11-7-5-10(6-8-11)18-9-14(20)19-15-12(16)3-2-4-13(15)17/h2-8,18H,9H2,1H3,(H,19,20). The van der Waals surface area contributed by atoms with Gasteiger partial charge in [0.1, 0.15) is 17.3 Å². The lowest BCUT2D eigenvalue weighted by atomic mass is 10.3. The second kappa shape index (κ2) is 7.08. The Kier molecular flexibility index (Phi) is 5.16. The fraction of sp³-hybridized carbons (Fsp3) is 0.133. The summed E-state index contributed by atoms with van der Waals surface area (Å²) in [6.45, 7) is -0.0770. The summed E-state index contributed by atoms with van der Waals surface area (Å²) < 4.78 is 26.8. The van der Waals surface area contributed by atoms with E-state index < -0.39 is 23.2 Å². The molecule has 0 atom stereocenters. The van der Waals surface area contributed by atoms with E-state index in [1.165, 1.54) is 6.07 Å². The van der Waals surface area contributed by atoms with Crippen LogP contribution in [0.4, 0.5) is 20.2 Å². The molecule has 0 saturated carbocycles. The summed E-state index contributed by atoms with van der Waals surface area (Å²) in [5.41, 5.74) is 0.332. The summed E-state index contributed by atoms with van der Waals surface area (Å²) in [5, 5.41) is 5.10. The van der Waals surface area contributed by atoms with E-state index in [0.717, 1.165) is 22.7 Å². The number of hydrogen-bond donors (Lipinski definition) is 2. The van der Waals surface area contributed by atoms with Gasteiger partial charge in [-0.1, -0.05) is 6.07 Å². The molecule has 0 spiro atoms. The molecule has 0 unspecified atom stereocenters. The third-order valence-electron chi connectivity index (χ3n) is 2.77. The monoisotopic (exact) mass is 308 g/mol. The Labute approximate surface area is 125 Å². The van der Waals surface area contributed by atoms with E-state index in [0.29, 0.717) is 0 Å². The molecule has 0 aliphatic rings. The van der Waals surface area contributed by atoms with E-state index in [4.69, 9.17) is 0 Å². The molecule has 0 aromatic heterocycles. The van der Waals surface area contributed by atoms with Gasteiger partial charge in [0.2, 0.25) is 5.91 Å². The molecule has 2 aromatic carbocycles. The fourth-order valence-corrected chi connectivity index (χ4v) is 2.10. The average molecular weight is 308 g/mol. The van der Waals surface area contributed by atoms with Crippen LogP contribution >= 0.6 is 11.8 Å². The maximum Gasteiger partial charge on any atom is 0.243 e. The van der Waals surface area contributed by atoms with E-state index >= 15 is 0 Å². The highest BCUT2D eigenvalue weighted by Gasteiger charge is 2.11. The van der Waals surface area contributed by atoms with Gasteiger partial charge < -0.3 is 10.6 Å². The Hall–Kier alpha value is -2.08. The predicted octanol–water partition coefficient (Wildman–Crippen LogP) is 3.74. The molecule has 2 rings (SSSR count). The van der Waals surface area contributed by atoms with Crippen molar-refractivity contribution in [3.05, 3.63) is 54.1 Å². The number of benzene rings is 2. The maximum atomic E-state index is 13.4. The second-order valence-electron chi connectivity index (χ2n) is 4.23. The van der Waals surface area contributed by atoms with Crippen LogP contribution in [0.2, 0.25) is 0 Å². The molecule has 110 valence electrons. The van der Waals surface area contributed by atoms with Gasteiger partial charge in [-0.2, -0.15) is 0 Å². The van der Waals surface area contributed by atoms with Crippen molar-refractivity contribution in [1.82, 2.24) is 0 Å². The number of rotatable bonds is 5. The van der Waals surface area contributed by atoms with Crippen molar-refractivity contribution in [3.8, 4) is 0 Å². The maximum absolute atomic E-state index is 13.4. The van der Waals surface area contributed by atoms with Crippen molar-refractivity contribution in [2.24, 2.45) is 0 Å². The van der Waals surface area contributed by atoms with Gasteiger partial charge in [0, 0.05) is 10.6 Å². The fourth-order valence-electron chi connectivity index (χ4n) is 1.69. The number of nitrogens with one attached hydrogen (secondary N) is 2. The van der Waals surface area contributed by atoms with E-state index in [9.17, 15) is 13.6 Å². The topological polar surface area (TPSA) is 41.1 Å². The summed E-state index contributed by atoms with van der Waals surface area (Å²) in [7, 11) is 0. The number of amides is 1. The van der Waals surface area contributed by atoms with Crippen molar-refractivity contribution in [1.29, 1.82) is 0 Å². The highest BCUT2D eigenvalue weighted by molar-refractivity contribution is 7.98. The Bertz CT molecular complexity index is 612. The molecule has 0 fully saturated rings. The molecule has 0 radical (unpaired) electrons. The van der Waals surface area contributed by atoms with E-state index in [1.54, 1.807) is 11.8 Å². The van der Waals surface area contributed by atoms with Crippen LogP contribution in [0.25, 0.3) is 0 Å². The number of hydrogen-bond acceptors (Lipinski definition) is 3. The van der Waals surface area contributed by atoms with E-state index in [1.807, 2.05) is 30.5 Å². The molecule has 0 aliphatic carbocycles. The van der Waals surface area contributed by atoms with Crippen LogP contribution in [0, 0.1) is 11.6 Å². The van der Waals surface area contributed by atoms with Gasteiger partial charge in [0.05, 0.1) is 6.54 Å². The molecule has 3 nitrogen and oxygen atoms in total. The van der Waals surface area contributed by atoms with Gasteiger partial charge in [0.25, 0.3) is 0 Å². The zero-order valence-electron chi connectivity index (χ0n) is 11.3. The van der Waals surface area contributed by atoms with E-state index in [-0.39, 0.29) is 6.54 Å². The molecule has 2 aromatic rings. The number of carbonyl (C=O) groups is 1. The Morgan fingerprint density at radius 1 is 1.10 bits per heavy atom. The summed E-state index contributed by atoms with van der Waals surface area (Å²) >= 11 is 1.62. The smallest absolute Gasteiger partial charge is 0.243 e. The minimum Gasteiger partial charge on any atom is -0.376 e. The van der Waals surface area contributed by atoms with Crippen LogP contribution in [0.1, 0.15) is 0 Å². The molecule has 6 heteroatoms. The SMILES string of the molecule is CSc1ccc(NCC(=O)Nc2c(F)cccc2F)cc1. The van der Waals surface area contributed by atoms with Crippen LogP contribution in [0.3, 0.4) is 0 Å². The first kappa shape index (κ1) is 15.3. The number of thioether (sulfide) groups is 1. The molecule has 21 heavy (non-hydrogen) atoms. The average Bonchev–Trinajstić information content (AvgIpc) is 2.49. The van der Waals surface area contributed by atoms with Gasteiger partial charge in [0.15, 0.2) is 0 Å². The molecule has 0 saturated heterocycles. The Morgan fingerprint density at radius 2 is 1.71 bits per heavy atom. The van der Waals surface area contributed by atoms with Crippen LogP contribution in [0.15, 0.2) is 47.4 Å². The number of anilines is 2. The van der Waals surface area contributed by atoms with Gasteiger partial charge in [-0.15, -0.1) is 11.8 Å². The normalized spacial score (nSPS) is 10.2. The second-order valence-corrected chi connectivity index (χ2v) is 5.11. The summed E-state index contributed by atoms with van der Waals surface area (Å²) in [5.74, 6) is -2.12. The molecule has 0 bridgehead atoms. The van der Waals surface area contributed by atoms with Crippen LogP contribution in [-0.2, 0) is 4.79 Å². The molecular weight excluding hydrogens is 294 g/mol. The quantitative estimate of drug-likeness (QED) is 0.827. The molecule has 0 aliphatic heterocycles. The first-order valence-electron chi connectivity index (χ1n) is 6.22. The molecule has 0 heterocycles. The van der Waals surface area contributed by atoms with Gasteiger partial charge in [-0.05, 0) is 42.7 Å². The van der Waals surface area contributed by atoms with Crippen molar-refractivity contribution < 1.29 is 13.6 Å². The van der Waals surface area contributed by atoms with Crippen LogP contribution < -0.4 is 10.6 Å². The van der Waals surface area contributed by atoms with Crippen molar-refractivity contribution in [2.45, 2.75) is 4.90 Å².